The fraction of sp³-hybridized carbons (Fsp3) is 0.870. The van der Waals surface area contributed by atoms with Crippen LogP contribution < -0.4 is 11.1 Å². The molecule has 7 aliphatic rings. The Bertz CT molecular complexity index is 802. The van der Waals surface area contributed by atoms with E-state index < -0.39 is 11.6 Å². The molecule has 30 heavy (non-hydrogen) atoms. The average molecular weight is 413 g/mol. The van der Waals surface area contributed by atoms with Gasteiger partial charge in [-0.2, -0.15) is 5.26 Å². The van der Waals surface area contributed by atoms with Crippen LogP contribution in [-0.4, -0.2) is 53.1 Å². The van der Waals surface area contributed by atoms with Crippen LogP contribution in [-0.2, 0) is 14.3 Å². The molecule has 7 fully saturated rings. The van der Waals surface area contributed by atoms with Gasteiger partial charge in [-0.05, 0) is 93.9 Å². The lowest BCUT2D eigenvalue weighted by molar-refractivity contribution is -0.207. The molecule has 0 radical (unpaired) electrons. The molecule has 7 atom stereocenters. The van der Waals surface area contributed by atoms with Gasteiger partial charge in [-0.25, -0.2) is 0 Å². The lowest BCUT2D eigenvalue weighted by atomic mass is 9.46. The zero-order chi connectivity index (χ0) is 20.7. The average Bonchev–Trinajstić information content (AvgIpc) is 3.12. The number of nitrogens with zero attached hydrogens (tertiary/aromatic N) is 2. The summed E-state index contributed by atoms with van der Waals surface area (Å²) < 4.78 is 6.25. The SMILES string of the molecule is N#C[C@@H]1C[C@@H]2C[C@@H]2N1C(=O)[C@@H](N)C12CC3CC(CC(OC(=O)[C@H]4CCCN4)(C3)C1)C2. The van der Waals surface area contributed by atoms with Crippen molar-refractivity contribution >= 4 is 11.9 Å². The number of fused-ring (bicyclic) bond motifs is 1. The Morgan fingerprint density at radius 3 is 2.60 bits per heavy atom. The largest absolute Gasteiger partial charge is 0.458 e. The van der Waals surface area contributed by atoms with E-state index in [2.05, 4.69) is 11.4 Å². The number of esters is 1. The number of nitriles is 1. The highest BCUT2D eigenvalue weighted by atomic mass is 16.6. The minimum atomic E-state index is -0.596. The summed E-state index contributed by atoms with van der Waals surface area (Å²) in [5.74, 6) is 1.30. The summed E-state index contributed by atoms with van der Waals surface area (Å²) in [5, 5.41) is 12.8. The van der Waals surface area contributed by atoms with Crippen molar-refractivity contribution in [2.45, 2.75) is 94.0 Å². The molecule has 2 unspecified atom stereocenters. The van der Waals surface area contributed by atoms with Crippen molar-refractivity contribution in [3.05, 3.63) is 0 Å². The highest BCUT2D eigenvalue weighted by Gasteiger charge is 2.64. The van der Waals surface area contributed by atoms with Gasteiger partial charge in [-0.15, -0.1) is 0 Å². The Morgan fingerprint density at radius 2 is 1.93 bits per heavy atom. The van der Waals surface area contributed by atoms with E-state index in [0.717, 1.165) is 57.9 Å². The van der Waals surface area contributed by atoms with Crippen LogP contribution in [0.25, 0.3) is 0 Å². The van der Waals surface area contributed by atoms with Gasteiger partial charge in [-0.3, -0.25) is 9.59 Å². The number of piperidine rings is 1. The molecule has 1 amide bonds. The fourth-order valence-electron chi connectivity index (χ4n) is 8.21. The van der Waals surface area contributed by atoms with Crippen LogP contribution in [0.15, 0.2) is 0 Å². The Hall–Kier alpha value is -1.65. The summed E-state index contributed by atoms with van der Waals surface area (Å²) in [6.45, 7) is 0.874. The maximum absolute atomic E-state index is 13.5. The number of nitrogens with two attached hydrogens (primary N) is 1. The number of hydrogen-bond acceptors (Lipinski definition) is 6. The van der Waals surface area contributed by atoms with Crippen LogP contribution in [0.3, 0.4) is 0 Å². The molecular weight excluding hydrogens is 380 g/mol. The number of carbonyl (C=O) groups excluding carboxylic acids is 2. The molecule has 0 aromatic rings. The third kappa shape index (κ3) is 2.76. The van der Waals surface area contributed by atoms with Crippen molar-refractivity contribution in [2.24, 2.45) is 28.9 Å². The molecule has 7 rings (SSSR count). The molecule has 3 N–H and O–H groups in total. The fourth-order valence-corrected chi connectivity index (χ4v) is 8.21. The lowest BCUT2D eigenvalue weighted by Crippen LogP contribution is -2.66. The van der Waals surface area contributed by atoms with Gasteiger partial charge in [0.25, 0.3) is 0 Å². The van der Waals surface area contributed by atoms with Gasteiger partial charge in [0.2, 0.25) is 5.91 Å². The van der Waals surface area contributed by atoms with Crippen LogP contribution in [0.2, 0.25) is 0 Å². The normalized spacial score (nSPS) is 48.9. The number of likely N-dealkylation sites (tertiary alicyclic amines) is 1. The number of ether oxygens (including phenoxy) is 1. The van der Waals surface area contributed by atoms with E-state index in [1.54, 1.807) is 0 Å². The van der Waals surface area contributed by atoms with E-state index in [-0.39, 0.29) is 35.4 Å². The zero-order valence-corrected chi connectivity index (χ0v) is 17.5. The summed E-state index contributed by atoms with van der Waals surface area (Å²) in [6.07, 6.45) is 9.29. The lowest BCUT2D eigenvalue weighted by Gasteiger charge is -2.62. The molecule has 2 heterocycles. The monoisotopic (exact) mass is 412 g/mol. The predicted molar refractivity (Wildman–Crippen MR) is 108 cm³/mol. The molecule has 2 saturated heterocycles. The van der Waals surface area contributed by atoms with Crippen molar-refractivity contribution in [1.82, 2.24) is 10.2 Å². The molecule has 7 heteroatoms. The topological polar surface area (TPSA) is 108 Å². The van der Waals surface area contributed by atoms with Crippen molar-refractivity contribution in [1.29, 1.82) is 5.26 Å². The first-order valence-electron chi connectivity index (χ1n) is 11.9. The molecule has 0 spiro atoms. The summed E-state index contributed by atoms with van der Waals surface area (Å²) in [7, 11) is 0. The molecule has 0 aromatic heterocycles. The van der Waals surface area contributed by atoms with E-state index >= 15 is 0 Å². The van der Waals surface area contributed by atoms with Crippen molar-refractivity contribution < 1.29 is 14.3 Å². The summed E-state index contributed by atoms with van der Waals surface area (Å²) in [6, 6.07) is 1.45. The van der Waals surface area contributed by atoms with Gasteiger partial charge in [-0.1, -0.05) is 0 Å². The molecule has 162 valence electrons. The summed E-state index contributed by atoms with van der Waals surface area (Å²) >= 11 is 0. The van der Waals surface area contributed by atoms with E-state index in [0.29, 0.717) is 24.2 Å². The molecule has 0 aromatic carbocycles. The maximum atomic E-state index is 13.5. The first-order chi connectivity index (χ1) is 14.4. The van der Waals surface area contributed by atoms with Gasteiger partial charge >= 0.3 is 5.97 Å². The molecule has 4 bridgehead atoms. The molecular formula is C23H32N4O3. The Balaban J connectivity index is 1.24. The molecule has 2 aliphatic heterocycles. The van der Waals surface area contributed by atoms with Crippen molar-refractivity contribution in [3.63, 3.8) is 0 Å². The minimum Gasteiger partial charge on any atom is -0.458 e. The van der Waals surface area contributed by atoms with Crippen LogP contribution in [0.4, 0.5) is 0 Å². The number of rotatable bonds is 4. The van der Waals surface area contributed by atoms with E-state index in [1.165, 1.54) is 6.42 Å². The first kappa shape index (κ1) is 19.1. The first-order valence-corrected chi connectivity index (χ1v) is 11.9. The maximum Gasteiger partial charge on any atom is 0.323 e. The van der Waals surface area contributed by atoms with Crippen molar-refractivity contribution in [2.75, 3.05) is 6.54 Å². The van der Waals surface area contributed by atoms with Gasteiger partial charge in [0, 0.05) is 6.04 Å². The van der Waals surface area contributed by atoms with Crippen LogP contribution in [0, 0.1) is 34.5 Å². The quantitative estimate of drug-likeness (QED) is 0.677. The van der Waals surface area contributed by atoms with Crippen LogP contribution >= 0.6 is 0 Å². The molecule has 7 nitrogen and oxygen atoms in total. The van der Waals surface area contributed by atoms with Gasteiger partial charge in [0.05, 0.1) is 12.1 Å². The Morgan fingerprint density at radius 1 is 1.17 bits per heavy atom. The number of amides is 1. The van der Waals surface area contributed by atoms with Gasteiger partial charge in [0.15, 0.2) is 0 Å². The second-order valence-electron chi connectivity index (χ2n) is 11.2. The predicted octanol–water partition coefficient (Wildman–Crippen LogP) is 1.46. The minimum absolute atomic E-state index is 0.0348. The highest BCUT2D eigenvalue weighted by Crippen LogP contribution is 2.64. The number of hydrogen-bond donors (Lipinski definition) is 2. The van der Waals surface area contributed by atoms with Gasteiger partial charge in [0.1, 0.15) is 17.7 Å². The Kier molecular flexibility index (Phi) is 4.09. The highest BCUT2D eigenvalue weighted by molar-refractivity contribution is 5.84. The van der Waals surface area contributed by atoms with E-state index in [9.17, 15) is 14.9 Å². The summed E-state index contributed by atoms with van der Waals surface area (Å²) in [4.78, 5) is 28.2. The number of carbonyl (C=O) groups is 2. The molecule has 5 aliphatic carbocycles. The zero-order valence-electron chi connectivity index (χ0n) is 17.5. The van der Waals surface area contributed by atoms with E-state index in [1.807, 2.05) is 4.90 Å². The summed E-state index contributed by atoms with van der Waals surface area (Å²) in [5.41, 5.74) is 6.00. The standard InChI is InChI=1S/C23H32N4O3/c24-11-16-5-15-6-18(15)27(16)20(28)19(25)22-7-13-4-14(8-22)10-23(9-13,12-22)30-21(29)17-2-1-3-26-17/h13-19,26H,1-10,12,25H2/t13?,14?,15-,16+,17-,18+,19-,22?,23?/m1/s1. The van der Waals surface area contributed by atoms with Crippen LogP contribution in [0.1, 0.15) is 64.2 Å². The number of nitrogens with one attached hydrogen (secondary N) is 1. The third-order valence-corrected chi connectivity index (χ3v) is 9.15. The van der Waals surface area contributed by atoms with E-state index in [4.69, 9.17) is 10.5 Å². The second kappa shape index (κ2) is 6.43. The second-order valence-corrected chi connectivity index (χ2v) is 11.2. The van der Waals surface area contributed by atoms with Gasteiger partial charge < -0.3 is 20.7 Å². The van der Waals surface area contributed by atoms with Crippen LogP contribution in [0.5, 0.6) is 0 Å². The smallest absolute Gasteiger partial charge is 0.323 e. The van der Waals surface area contributed by atoms with Crippen molar-refractivity contribution in [3.8, 4) is 6.07 Å². The third-order valence-electron chi connectivity index (χ3n) is 9.15. The molecule has 5 saturated carbocycles. The Labute approximate surface area is 177 Å².